The second-order valence-corrected chi connectivity index (χ2v) is 14.1. The predicted molar refractivity (Wildman–Crippen MR) is 182 cm³/mol. The normalized spacial score (nSPS) is 26.1. The van der Waals surface area contributed by atoms with Crippen molar-refractivity contribution >= 4 is 30.3 Å². The van der Waals surface area contributed by atoms with Crippen LogP contribution in [0.15, 0.2) is 0 Å². The van der Waals surface area contributed by atoms with Crippen molar-refractivity contribution < 1.29 is 18.0 Å². The van der Waals surface area contributed by atoms with Crippen molar-refractivity contribution in [1.29, 1.82) is 0 Å². The molecule has 4 rings (SSSR count). The number of fused-ring (bicyclic) bond motifs is 1. The number of likely N-dealkylation sites (tertiary alicyclic amines) is 2. The Balaban J connectivity index is -0.000000498. The monoisotopic (exact) mass is 615 g/mol. The molecule has 1 saturated carbocycles. The minimum Gasteiger partial charge on any atom is -0.340 e. The van der Waals surface area contributed by atoms with Crippen molar-refractivity contribution in [1.82, 2.24) is 14.1 Å². The lowest BCUT2D eigenvalue weighted by molar-refractivity contribution is -0.140. The van der Waals surface area contributed by atoms with Gasteiger partial charge in [-0.3, -0.25) is 9.59 Å². The van der Waals surface area contributed by atoms with Gasteiger partial charge in [-0.2, -0.15) is 4.31 Å². The number of rotatable bonds is 3. The topological polar surface area (TPSA) is 78.0 Å². The summed E-state index contributed by atoms with van der Waals surface area (Å²) in [4.78, 5) is 27.1. The van der Waals surface area contributed by atoms with E-state index in [9.17, 15) is 18.0 Å². The molecule has 0 bridgehead atoms. The molecular weight excluding hydrogens is 545 g/mol. The Morgan fingerprint density at radius 1 is 0.667 bits per heavy atom. The summed E-state index contributed by atoms with van der Waals surface area (Å²) in [6.45, 7) is 30.7. The number of amides is 2. The van der Waals surface area contributed by atoms with Gasteiger partial charge in [0.1, 0.15) is 0 Å². The molecule has 1 aliphatic carbocycles. The van der Waals surface area contributed by atoms with Crippen molar-refractivity contribution in [3.8, 4) is 0 Å². The van der Waals surface area contributed by atoms with Crippen molar-refractivity contribution in [2.24, 2.45) is 17.8 Å². The first-order chi connectivity index (χ1) is 19.3. The zero-order valence-electron chi connectivity index (χ0n) is 30.1. The molecule has 3 radical (unpaired) electrons. The zero-order chi connectivity index (χ0) is 32.5. The van der Waals surface area contributed by atoms with Crippen LogP contribution in [0.2, 0.25) is 0 Å². The first-order valence-electron chi connectivity index (χ1n) is 16.9. The van der Waals surface area contributed by atoms with E-state index in [0.29, 0.717) is 36.4 Å². The summed E-state index contributed by atoms with van der Waals surface area (Å²) < 4.78 is 24.5. The fourth-order valence-electron chi connectivity index (χ4n) is 5.72. The van der Waals surface area contributed by atoms with Crippen molar-refractivity contribution in [3.63, 3.8) is 0 Å². The Morgan fingerprint density at radius 2 is 1.14 bits per heavy atom. The summed E-state index contributed by atoms with van der Waals surface area (Å²) in [7, 11) is -2.93. The molecule has 3 saturated heterocycles. The molecule has 7 nitrogen and oxygen atoms in total. The van der Waals surface area contributed by atoms with Gasteiger partial charge in [0.25, 0.3) is 0 Å². The molecular formula is C33H69BN3O4S. The molecule has 2 amide bonds. The lowest BCUT2D eigenvalue weighted by Gasteiger charge is -2.42. The molecule has 3 heterocycles. The second-order valence-electron chi connectivity index (χ2n) is 11.8. The van der Waals surface area contributed by atoms with E-state index in [1.807, 2.05) is 67.2 Å². The molecule has 0 aromatic carbocycles. The average molecular weight is 615 g/mol. The van der Waals surface area contributed by atoms with Gasteiger partial charge in [-0.1, -0.05) is 61.3 Å². The third kappa shape index (κ3) is 13.7. The first kappa shape index (κ1) is 45.3. The highest BCUT2D eigenvalue weighted by atomic mass is 32.2. The van der Waals surface area contributed by atoms with Crippen LogP contribution < -0.4 is 0 Å². The fraction of sp³-hybridized carbons (Fsp3) is 0.939. The Kier molecular flexibility index (Phi) is 25.2. The molecule has 249 valence electrons. The van der Waals surface area contributed by atoms with E-state index in [1.165, 1.54) is 25.7 Å². The smallest absolute Gasteiger partial charge is 0.225 e. The lowest BCUT2D eigenvalue weighted by atomic mass is 9.74. The van der Waals surface area contributed by atoms with Crippen LogP contribution in [0, 0.1) is 17.8 Å². The summed E-state index contributed by atoms with van der Waals surface area (Å²) in [6.07, 6.45) is 8.00. The number of hydrogen-bond acceptors (Lipinski definition) is 4. The van der Waals surface area contributed by atoms with Crippen molar-refractivity contribution in [3.05, 3.63) is 0 Å². The van der Waals surface area contributed by atoms with Gasteiger partial charge in [0, 0.05) is 58.5 Å². The maximum absolute atomic E-state index is 11.8. The summed E-state index contributed by atoms with van der Waals surface area (Å²) in [5.41, 5.74) is 0. The minimum atomic E-state index is -2.93. The molecule has 4 atom stereocenters. The van der Waals surface area contributed by atoms with Gasteiger partial charge in [0.05, 0.1) is 5.25 Å². The molecule has 0 N–H and O–H groups in total. The lowest BCUT2D eigenvalue weighted by Crippen LogP contribution is -2.48. The average Bonchev–Trinajstić information content (AvgIpc) is 3.43. The molecule has 3 aliphatic heterocycles. The standard InChI is InChI=1S/C12H21NO.C8H15NO.C7H15NO2S.3C2H6.B/c1-9(2)13-8-11-6-4-3-5-10(11)7-12(13)14;1-6(2)9-5-4-7(3)8(9)10;1-6(2)8-5-4-7(3)11(8,9)10;3*1-2;/h9-11H,3-8H2,1-2H3;6-7H,4-5H2,1-3H3;6-7H,4-5H2,1-3H3;3*1-2H3;. The van der Waals surface area contributed by atoms with Gasteiger partial charge in [0.15, 0.2) is 0 Å². The van der Waals surface area contributed by atoms with E-state index >= 15 is 0 Å². The van der Waals surface area contributed by atoms with Gasteiger partial charge in [-0.15, -0.1) is 0 Å². The summed E-state index contributed by atoms with van der Waals surface area (Å²) >= 11 is 0. The minimum absolute atomic E-state index is 0. The molecule has 0 aromatic heterocycles. The number of sulfonamides is 1. The third-order valence-corrected chi connectivity index (χ3v) is 10.7. The number of hydrogen-bond donors (Lipinski definition) is 0. The number of piperidine rings is 1. The SMILES string of the molecule is CC.CC.CC.CC(C)N1CC2CCCCC2CC1=O.CC(C)N1CCC(C)S1(=O)=O.CC1CCN(C(C)C)C1=O.[B]. The molecule has 4 aliphatic rings. The first-order valence-corrected chi connectivity index (χ1v) is 18.4. The van der Waals surface area contributed by atoms with Gasteiger partial charge in [0.2, 0.25) is 21.8 Å². The van der Waals surface area contributed by atoms with Gasteiger partial charge < -0.3 is 9.80 Å². The largest absolute Gasteiger partial charge is 0.340 e. The van der Waals surface area contributed by atoms with E-state index in [0.717, 1.165) is 38.3 Å². The maximum Gasteiger partial charge on any atom is 0.225 e. The molecule has 9 heteroatoms. The van der Waals surface area contributed by atoms with E-state index in [1.54, 1.807) is 11.2 Å². The van der Waals surface area contributed by atoms with Crippen LogP contribution in [-0.2, 0) is 19.6 Å². The molecule has 4 unspecified atom stereocenters. The highest BCUT2D eigenvalue weighted by Gasteiger charge is 2.37. The van der Waals surface area contributed by atoms with E-state index in [4.69, 9.17) is 0 Å². The third-order valence-electron chi connectivity index (χ3n) is 8.18. The number of carbonyl (C=O) groups is 2. The predicted octanol–water partition coefficient (Wildman–Crippen LogP) is 7.21. The highest BCUT2D eigenvalue weighted by Crippen LogP contribution is 2.37. The van der Waals surface area contributed by atoms with E-state index in [-0.39, 0.29) is 25.6 Å². The van der Waals surface area contributed by atoms with Crippen LogP contribution in [0.5, 0.6) is 0 Å². The van der Waals surface area contributed by atoms with Crippen LogP contribution in [0.1, 0.15) is 142 Å². The Morgan fingerprint density at radius 3 is 1.45 bits per heavy atom. The van der Waals surface area contributed by atoms with Crippen LogP contribution in [0.3, 0.4) is 0 Å². The van der Waals surface area contributed by atoms with Crippen molar-refractivity contribution in [2.45, 2.75) is 165 Å². The van der Waals surface area contributed by atoms with Crippen LogP contribution in [0.4, 0.5) is 0 Å². The number of carbonyl (C=O) groups excluding carboxylic acids is 2. The van der Waals surface area contributed by atoms with Gasteiger partial charge in [-0.25, -0.2) is 8.42 Å². The quantitative estimate of drug-likeness (QED) is 0.315. The van der Waals surface area contributed by atoms with Crippen LogP contribution in [-0.4, -0.2) is 85.8 Å². The Labute approximate surface area is 264 Å². The molecule has 0 aromatic rings. The fourth-order valence-corrected chi connectivity index (χ4v) is 7.53. The maximum atomic E-state index is 11.8. The Hall–Kier alpha value is -1.09. The molecule has 42 heavy (non-hydrogen) atoms. The highest BCUT2D eigenvalue weighted by molar-refractivity contribution is 7.90. The van der Waals surface area contributed by atoms with Gasteiger partial charge >= 0.3 is 0 Å². The summed E-state index contributed by atoms with van der Waals surface area (Å²) in [5, 5.41) is -0.176. The number of nitrogens with zero attached hydrogens (tertiary/aromatic N) is 3. The second kappa shape index (κ2) is 23.3. The Bertz CT molecular complexity index is 820. The molecule has 4 fully saturated rings. The molecule has 0 spiro atoms. The van der Waals surface area contributed by atoms with Crippen LogP contribution in [0.25, 0.3) is 0 Å². The van der Waals surface area contributed by atoms with E-state index in [2.05, 4.69) is 32.6 Å². The summed E-state index contributed by atoms with van der Waals surface area (Å²) in [6, 6.07) is 0.896. The summed E-state index contributed by atoms with van der Waals surface area (Å²) in [5.74, 6) is 2.51. The van der Waals surface area contributed by atoms with Gasteiger partial charge in [-0.05, 0) is 86.0 Å². The zero-order valence-corrected chi connectivity index (χ0v) is 30.9. The van der Waals surface area contributed by atoms with Crippen molar-refractivity contribution in [2.75, 3.05) is 19.6 Å². The van der Waals surface area contributed by atoms with Crippen LogP contribution >= 0.6 is 0 Å². The van der Waals surface area contributed by atoms with E-state index < -0.39 is 10.0 Å².